The molecule has 1 aromatic rings. The monoisotopic (exact) mass is 214 g/mol. The van der Waals surface area contributed by atoms with Crippen molar-refractivity contribution in [2.45, 2.75) is 6.92 Å². The Morgan fingerprint density at radius 1 is 1.64 bits per heavy atom. The van der Waals surface area contributed by atoms with Crippen molar-refractivity contribution in [1.29, 1.82) is 0 Å². The first-order valence-electron chi connectivity index (χ1n) is 3.27. The molecule has 0 spiro atoms. The van der Waals surface area contributed by atoms with E-state index in [1.807, 2.05) is 19.4 Å². The van der Waals surface area contributed by atoms with Crippen molar-refractivity contribution < 1.29 is 4.74 Å². The molecular weight excluding hydrogens is 206 g/mol. The third-order valence-electron chi connectivity index (χ3n) is 1.36. The fourth-order valence-electron chi connectivity index (χ4n) is 0.741. The van der Waals surface area contributed by atoms with E-state index in [1.165, 1.54) is 0 Å². The van der Waals surface area contributed by atoms with Crippen LogP contribution in [0.25, 0.3) is 0 Å². The molecule has 1 heterocycles. The van der Waals surface area contributed by atoms with Crippen LogP contribution in [0.15, 0.2) is 16.7 Å². The zero-order chi connectivity index (χ0) is 8.27. The van der Waals surface area contributed by atoms with Crippen molar-refractivity contribution >= 4 is 15.9 Å². The van der Waals surface area contributed by atoms with Gasteiger partial charge >= 0.3 is 0 Å². The Kier molecular flexibility index (Phi) is 2.88. The van der Waals surface area contributed by atoms with E-state index in [1.54, 1.807) is 13.3 Å². The number of halogens is 1. The summed E-state index contributed by atoms with van der Waals surface area (Å²) >= 11 is 3.36. The molecular formula is C8H9BrNO. The third-order valence-corrected chi connectivity index (χ3v) is 1.98. The minimum atomic E-state index is 0.760. The van der Waals surface area contributed by atoms with E-state index < -0.39 is 0 Å². The van der Waals surface area contributed by atoms with E-state index in [2.05, 4.69) is 20.9 Å². The molecule has 0 fully saturated rings. The molecule has 0 aliphatic rings. The van der Waals surface area contributed by atoms with Gasteiger partial charge in [0.2, 0.25) is 0 Å². The lowest BCUT2D eigenvalue weighted by Crippen LogP contribution is -1.89. The second-order valence-electron chi connectivity index (χ2n) is 2.03. The lowest BCUT2D eigenvalue weighted by molar-refractivity contribution is 0.410. The van der Waals surface area contributed by atoms with Crippen LogP contribution in [0.1, 0.15) is 12.6 Å². The molecule has 59 valence electrons. The molecule has 1 aromatic heterocycles. The van der Waals surface area contributed by atoms with Crippen LogP contribution in [0.5, 0.6) is 5.75 Å². The molecule has 0 bridgehead atoms. The van der Waals surface area contributed by atoms with Gasteiger partial charge in [-0.1, -0.05) is 6.92 Å². The summed E-state index contributed by atoms with van der Waals surface area (Å²) in [6.45, 7) is 1.95. The van der Waals surface area contributed by atoms with Crippen LogP contribution in [-0.4, -0.2) is 12.1 Å². The van der Waals surface area contributed by atoms with Gasteiger partial charge in [0.15, 0.2) is 5.75 Å². The summed E-state index contributed by atoms with van der Waals surface area (Å²) < 4.78 is 5.95. The molecule has 1 radical (unpaired) electrons. The summed E-state index contributed by atoms with van der Waals surface area (Å²) in [7, 11) is 1.62. The molecule has 0 unspecified atom stereocenters. The van der Waals surface area contributed by atoms with Crippen molar-refractivity contribution in [1.82, 2.24) is 4.98 Å². The van der Waals surface area contributed by atoms with Gasteiger partial charge in [0.05, 0.1) is 17.8 Å². The quantitative estimate of drug-likeness (QED) is 0.755. The number of nitrogens with zero attached hydrogens (tertiary/aromatic N) is 1. The molecule has 0 amide bonds. The van der Waals surface area contributed by atoms with Gasteiger partial charge in [-0.15, -0.1) is 0 Å². The van der Waals surface area contributed by atoms with E-state index in [4.69, 9.17) is 4.74 Å². The topological polar surface area (TPSA) is 22.1 Å². The highest BCUT2D eigenvalue weighted by molar-refractivity contribution is 9.10. The molecule has 11 heavy (non-hydrogen) atoms. The van der Waals surface area contributed by atoms with E-state index in [0.717, 1.165) is 15.9 Å². The summed E-state index contributed by atoms with van der Waals surface area (Å²) in [6, 6.07) is 1.92. The highest BCUT2D eigenvalue weighted by Crippen LogP contribution is 2.23. The normalized spacial score (nSPS) is 9.73. The second-order valence-corrected chi connectivity index (χ2v) is 2.89. The van der Waals surface area contributed by atoms with E-state index in [0.29, 0.717) is 0 Å². The second kappa shape index (κ2) is 3.72. The van der Waals surface area contributed by atoms with E-state index in [9.17, 15) is 0 Å². The molecule has 0 saturated carbocycles. The summed E-state index contributed by atoms with van der Waals surface area (Å²) in [5, 5.41) is 0. The summed E-state index contributed by atoms with van der Waals surface area (Å²) in [5.74, 6) is 0.760. The zero-order valence-electron chi connectivity index (χ0n) is 6.47. The molecule has 3 heteroatoms. The number of hydrogen-bond acceptors (Lipinski definition) is 2. The fraction of sp³-hybridized carbons (Fsp3) is 0.250. The molecule has 2 nitrogen and oxygen atoms in total. The Bertz CT molecular complexity index is 250. The van der Waals surface area contributed by atoms with Gasteiger partial charge in [0.25, 0.3) is 0 Å². The molecule has 0 saturated heterocycles. The van der Waals surface area contributed by atoms with Crippen molar-refractivity contribution in [3.63, 3.8) is 0 Å². The summed E-state index contributed by atoms with van der Waals surface area (Å²) in [6.07, 6.45) is 3.63. The maximum absolute atomic E-state index is 5.02. The van der Waals surface area contributed by atoms with Gasteiger partial charge in [-0.05, 0) is 22.0 Å². The predicted molar refractivity (Wildman–Crippen MR) is 47.6 cm³/mol. The van der Waals surface area contributed by atoms with Gasteiger partial charge in [-0.25, -0.2) is 0 Å². The minimum absolute atomic E-state index is 0.760. The zero-order valence-corrected chi connectivity index (χ0v) is 8.05. The molecule has 0 aromatic carbocycles. The number of aromatic nitrogens is 1. The van der Waals surface area contributed by atoms with Crippen molar-refractivity contribution in [3.05, 3.63) is 28.9 Å². The average Bonchev–Trinajstić information content (AvgIpc) is 2.04. The smallest absolute Gasteiger partial charge is 0.151 e. The Morgan fingerprint density at radius 3 is 2.82 bits per heavy atom. The largest absolute Gasteiger partial charge is 0.494 e. The number of rotatable bonds is 2. The van der Waals surface area contributed by atoms with Gasteiger partial charge in [-0.2, -0.15) is 0 Å². The van der Waals surface area contributed by atoms with Crippen LogP contribution in [0.2, 0.25) is 0 Å². The van der Waals surface area contributed by atoms with Crippen molar-refractivity contribution in [2.24, 2.45) is 0 Å². The van der Waals surface area contributed by atoms with Crippen LogP contribution in [-0.2, 0) is 0 Å². The average molecular weight is 215 g/mol. The SMILES string of the molecule is C[CH]c1cc(Br)c(OC)cn1. The Balaban J connectivity index is 2.99. The molecule has 0 N–H and O–H groups in total. The minimum Gasteiger partial charge on any atom is -0.494 e. The van der Waals surface area contributed by atoms with Crippen LogP contribution in [0.3, 0.4) is 0 Å². The Morgan fingerprint density at radius 2 is 2.36 bits per heavy atom. The van der Waals surface area contributed by atoms with E-state index in [-0.39, 0.29) is 0 Å². The molecule has 0 atom stereocenters. The molecule has 1 rings (SSSR count). The highest BCUT2D eigenvalue weighted by atomic mass is 79.9. The highest BCUT2D eigenvalue weighted by Gasteiger charge is 2.00. The number of pyridine rings is 1. The fourth-order valence-corrected chi connectivity index (χ4v) is 1.24. The maximum atomic E-state index is 5.02. The van der Waals surface area contributed by atoms with Gasteiger partial charge in [-0.3, -0.25) is 4.98 Å². The molecule has 0 aliphatic carbocycles. The molecule has 0 aliphatic heterocycles. The van der Waals surface area contributed by atoms with E-state index >= 15 is 0 Å². The Labute approximate surface area is 74.7 Å². The van der Waals surface area contributed by atoms with Crippen LogP contribution in [0.4, 0.5) is 0 Å². The third kappa shape index (κ3) is 1.93. The van der Waals surface area contributed by atoms with Crippen molar-refractivity contribution in [3.8, 4) is 5.75 Å². The summed E-state index contributed by atoms with van der Waals surface area (Å²) in [4.78, 5) is 4.12. The standard InChI is InChI=1S/C8H9BrNO/c1-3-6-4-7(9)8(11-2)5-10-6/h3-5H,1-2H3. The number of hydrogen-bond donors (Lipinski definition) is 0. The van der Waals surface area contributed by atoms with Gasteiger partial charge in [0.1, 0.15) is 0 Å². The Hall–Kier alpha value is -0.570. The van der Waals surface area contributed by atoms with Gasteiger partial charge in [0, 0.05) is 12.1 Å². The first kappa shape index (κ1) is 8.53. The van der Waals surface area contributed by atoms with Crippen LogP contribution < -0.4 is 4.74 Å². The van der Waals surface area contributed by atoms with Crippen LogP contribution in [0, 0.1) is 6.42 Å². The summed E-state index contributed by atoms with van der Waals surface area (Å²) in [5.41, 5.74) is 0.942. The first-order valence-corrected chi connectivity index (χ1v) is 4.06. The lowest BCUT2D eigenvalue weighted by Gasteiger charge is -2.02. The first-order chi connectivity index (χ1) is 5.27. The lowest BCUT2D eigenvalue weighted by atomic mass is 10.3. The van der Waals surface area contributed by atoms with Gasteiger partial charge < -0.3 is 4.74 Å². The number of ether oxygens (including phenoxy) is 1. The van der Waals surface area contributed by atoms with Crippen LogP contribution >= 0.6 is 15.9 Å². The van der Waals surface area contributed by atoms with Crippen molar-refractivity contribution in [2.75, 3.05) is 7.11 Å². The number of methoxy groups -OCH3 is 1. The maximum Gasteiger partial charge on any atom is 0.151 e. The predicted octanol–water partition coefficient (Wildman–Crippen LogP) is 2.42.